The third-order valence-electron chi connectivity index (χ3n) is 2.95. The second-order valence-electron chi connectivity index (χ2n) is 4.96. The monoisotopic (exact) mass is 199 g/mol. The first-order valence-electron chi connectivity index (χ1n) is 6.05. The lowest BCUT2D eigenvalue weighted by atomic mass is 9.99. The molecule has 84 valence electrons. The highest BCUT2D eigenvalue weighted by Crippen LogP contribution is 2.18. The van der Waals surface area contributed by atoms with E-state index in [4.69, 9.17) is 10.5 Å². The van der Waals surface area contributed by atoms with E-state index < -0.39 is 0 Å². The van der Waals surface area contributed by atoms with Crippen LogP contribution in [0.3, 0.4) is 0 Å². The molecule has 1 aliphatic heterocycles. The Morgan fingerprint density at radius 2 is 2.14 bits per heavy atom. The SMILES string of the molecule is CC(C)CCCC(N)CC1CCCO1. The summed E-state index contributed by atoms with van der Waals surface area (Å²) >= 11 is 0. The van der Waals surface area contributed by atoms with Crippen molar-refractivity contribution in [3.05, 3.63) is 0 Å². The zero-order valence-corrected chi connectivity index (χ0v) is 9.67. The van der Waals surface area contributed by atoms with Crippen LogP contribution in [0, 0.1) is 5.92 Å². The Labute approximate surface area is 88.2 Å². The predicted octanol–water partition coefficient (Wildman–Crippen LogP) is 2.71. The van der Waals surface area contributed by atoms with E-state index in [2.05, 4.69) is 13.8 Å². The van der Waals surface area contributed by atoms with Crippen LogP contribution in [0.25, 0.3) is 0 Å². The summed E-state index contributed by atoms with van der Waals surface area (Å²) in [6.07, 6.45) is 7.71. The highest BCUT2D eigenvalue weighted by atomic mass is 16.5. The fourth-order valence-electron chi connectivity index (χ4n) is 2.07. The van der Waals surface area contributed by atoms with Crippen molar-refractivity contribution in [3.8, 4) is 0 Å². The van der Waals surface area contributed by atoms with Gasteiger partial charge in [0.2, 0.25) is 0 Å². The van der Waals surface area contributed by atoms with E-state index in [1.54, 1.807) is 0 Å². The van der Waals surface area contributed by atoms with Crippen LogP contribution in [-0.4, -0.2) is 18.8 Å². The van der Waals surface area contributed by atoms with Gasteiger partial charge < -0.3 is 10.5 Å². The number of rotatable bonds is 6. The minimum absolute atomic E-state index is 0.358. The van der Waals surface area contributed by atoms with Crippen LogP contribution in [0.15, 0.2) is 0 Å². The van der Waals surface area contributed by atoms with Crippen molar-refractivity contribution >= 4 is 0 Å². The molecule has 0 aromatic heterocycles. The quantitative estimate of drug-likeness (QED) is 0.714. The first kappa shape index (κ1) is 12.0. The van der Waals surface area contributed by atoms with Crippen LogP contribution in [0.5, 0.6) is 0 Å². The molecule has 1 fully saturated rings. The van der Waals surface area contributed by atoms with Crippen LogP contribution in [0.4, 0.5) is 0 Å². The minimum Gasteiger partial charge on any atom is -0.378 e. The van der Waals surface area contributed by atoms with Crippen molar-refractivity contribution in [1.29, 1.82) is 0 Å². The summed E-state index contributed by atoms with van der Waals surface area (Å²) in [5.41, 5.74) is 6.06. The van der Waals surface area contributed by atoms with Gasteiger partial charge >= 0.3 is 0 Å². The lowest BCUT2D eigenvalue weighted by Crippen LogP contribution is -2.25. The average molecular weight is 199 g/mol. The Bertz CT molecular complexity index is 141. The number of hydrogen-bond acceptors (Lipinski definition) is 2. The van der Waals surface area contributed by atoms with Gasteiger partial charge in [0, 0.05) is 12.6 Å². The van der Waals surface area contributed by atoms with Gasteiger partial charge in [0.05, 0.1) is 6.10 Å². The Morgan fingerprint density at radius 1 is 1.36 bits per heavy atom. The summed E-state index contributed by atoms with van der Waals surface area (Å²) in [5.74, 6) is 0.810. The molecule has 2 unspecified atom stereocenters. The zero-order valence-electron chi connectivity index (χ0n) is 9.67. The molecule has 1 rings (SSSR count). The molecule has 14 heavy (non-hydrogen) atoms. The minimum atomic E-state index is 0.358. The molecule has 0 saturated carbocycles. The largest absolute Gasteiger partial charge is 0.378 e. The molecule has 2 N–H and O–H groups in total. The van der Waals surface area contributed by atoms with Crippen molar-refractivity contribution in [2.75, 3.05) is 6.61 Å². The van der Waals surface area contributed by atoms with Crippen molar-refractivity contribution in [2.45, 2.75) is 64.5 Å². The third kappa shape index (κ3) is 4.97. The molecule has 0 aromatic rings. The lowest BCUT2D eigenvalue weighted by Gasteiger charge is -2.16. The van der Waals surface area contributed by atoms with Gasteiger partial charge in [-0.3, -0.25) is 0 Å². The summed E-state index contributed by atoms with van der Waals surface area (Å²) < 4.78 is 5.57. The van der Waals surface area contributed by atoms with Gasteiger partial charge in [0.15, 0.2) is 0 Å². The molecule has 0 aliphatic carbocycles. The van der Waals surface area contributed by atoms with Gasteiger partial charge in [0.25, 0.3) is 0 Å². The molecule has 2 atom stereocenters. The maximum Gasteiger partial charge on any atom is 0.0590 e. The van der Waals surface area contributed by atoms with Gasteiger partial charge in [-0.2, -0.15) is 0 Å². The summed E-state index contributed by atoms with van der Waals surface area (Å²) in [7, 11) is 0. The number of ether oxygens (including phenoxy) is 1. The van der Waals surface area contributed by atoms with Crippen LogP contribution in [0.1, 0.15) is 52.4 Å². The molecule has 1 heterocycles. The number of hydrogen-bond donors (Lipinski definition) is 1. The van der Waals surface area contributed by atoms with E-state index in [1.165, 1.54) is 25.7 Å². The van der Waals surface area contributed by atoms with Crippen molar-refractivity contribution in [1.82, 2.24) is 0 Å². The van der Waals surface area contributed by atoms with Crippen LogP contribution in [-0.2, 0) is 4.74 Å². The summed E-state index contributed by atoms with van der Waals surface area (Å²) in [5, 5.41) is 0. The average Bonchev–Trinajstić information content (AvgIpc) is 2.56. The summed E-state index contributed by atoms with van der Waals surface area (Å²) in [6.45, 7) is 5.49. The van der Waals surface area contributed by atoms with Crippen molar-refractivity contribution in [2.24, 2.45) is 11.7 Å². The van der Waals surface area contributed by atoms with Crippen LogP contribution < -0.4 is 5.73 Å². The first-order chi connectivity index (χ1) is 6.68. The van der Waals surface area contributed by atoms with Gasteiger partial charge in [-0.25, -0.2) is 0 Å². The molecule has 0 spiro atoms. The van der Waals surface area contributed by atoms with E-state index in [9.17, 15) is 0 Å². The van der Waals surface area contributed by atoms with Crippen LogP contribution in [0.2, 0.25) is 0 Å². The second-order valence-corrected chi connectivity index (χ2v) is 4.96. The molecule has 0 amide bonds. The van der Waals surface area contributed by atoms with Crippen molar-refractivity contribution in [3.63, 3.8) is 0 Å². The lowest BCUT2D eigenvalue weighted by molar-refractivity contribution is 0.0972. The Morgan fingerprint density at radius 3 is 2.71 bits per heavy atom. The van der Waals surface area contributed by atoms with E-state index >= 15 is 0 Å². The predicted molar refractivity (Wildman–Crippen MR) is 60.3 cm³/mol. The van der Waals surface area contributed by atoms with E-state index in [0.29, 0.717) is 12.1 Å². The number of nitrogens with two attached hydrogens (primary N) is 1. The van der Waals surface area contributed by atoms with E-state index in [0.717, 1.165) is 25.4 Å². The normalized spacial score (nSPS) is 24.4. The molecule has 1 aliphatic rings. The molecular weight excluding hydrogens is 174 g/mol. The maximum atomic E-state index is 6.06. The molecule has 2 heteroatoms. The molecule has 0 aromatic carbocycles. The molecular formula is C12H25NO. The highest BCUT2D eigenvalue weighted by molar-refractivity contribution is 4.72. The molecule has 0 radical (unpaired) electrons. The van der Waals surface area contributed by atoms with Gasteiger partial charge in [0.1, 0.15) is 0 Å². The molecule has 0 bridgehead atoms. The topological polar surface area (TPSA) is 35.2 Å². The summed E-state index contributed by atoms with van der Waals surface area (Å²) in [4.78, 5) is 0. The first-order valence-corrected chi connectivity index (χ1v) is 6.05. The Kier molecular flexibility index (Phi) is 5.49. The fraction of sp³-hybridized carbons (Fsp3) is 1.00. The smallest absolute Gasteiger partial charge is 0.0590 e. The summed E-state index contributed by atoms with van der Waals surface area (Å²) in [6, 6.07) is 0.358. The second kappa shape index (κ2) is 6.41. The van der Waals surface area contributed by atoms with E-state index in [-0.39, 0.29) is 0 Å². The zero-order chi connectivity index (χ0) is 10.4. The van der Waals surface area contributed by atoms with Crippen LogP contribution >= 0.6 is 0 Å². The maximum absolute atomic E-state index is 6.06. The molecule has 1 saturated heterocycles. The highest BCUT2D eigenvalue weighted by Gasteiger charge is 2.18. The third-order valence-corrected chi connectivity index (χ3v) is 2.95. The van der Waals surface area contributed by atoms with Crippen molar-refractivity contribution < 1.29 is 4.74 Å². The molecule has 2 nitrogen and oxygen atoms in total. The van der Waals surface area contributed by atoms with E-state index in [1.807, 2.05) is 0 Å². The Hall–Kier alpha value is -0.0800. The van der Waals surface area contributed by atoms with Gasteiger partial charge in [-0.15, -0.1) is 0 Å². The fourth-order valence-corrected chi connectivity index (χ4v) is 2.07. The Balaban J connectivity index is 2.00. The van der Waals surface area contributed by atoms with Gasteiger partial charge in [-0.05, 0) is 31.6 Å². The standard InChI is InChI=1S/C12H25NO/c1-10(2)5-3-6-11(13)9-12-7-4-8-14-12/h10-12H,3-9,13H2,1-2H3. The van der Waals surface area contributed by atoms with Gasteiger partial charge in [-0.1, -0.05) is 26.7 Å².